The van der Waals surface area contributed by atoms with Crippen molar-refractivity contribution in [2.45, 2.75) is 46.0 Å². The van der Waals surface area contributed by atoms with Gasteiger partial charge in [-0.05, 0) is 33.3 Å². The zero-order chi connectivity index (χ0) is 13.3. The summed E-state index contributed by atoms with van der Waals surface area (Å²) >= 11 is 0. The highest BCUT2D eigenvalue weighted by Crippen LogP contribution is 2.41. The standard InChI is InChI=1S/C15H20O3/c1-10(17-14(16)15(2,3)4)12-13(18-12)11-8-6-5-7-9-11/h5-10,12-13H,1-4H3/t10-,12+,13-/m0/s1. The predicted octanol–water partition coefficient (Wildman–Crippen LogP) is 3.10. The third kappa shape index (κ3) is 2.91. The number of carbonyl (C=O) groups is 1. The van der Waals surface area contributed by atoms with Crippen molar-refractivity contribution in [1.29, 1.82) is 0 Å². The third-order valence-corrected chi connectivity index (χ3v) is 3.02. The van der Waals surface area contributed by atoms with E-state index in [4.69, 9.17) is 9.47 Å². The number of carbonyl (C=O) groups excluding carboxylic acids is 1. The van der Waals surface area contributed by atoms with Gasteiger partial charge in [0, 0.05) is 0 Å². The number of hydrogen-bond donors (Lipinski definition) is 0. The van der Waals surface area contributed by atoms with Gasteiger partial charge in [0.15, 0.2) is 0 Å². The van der Waals surface area contributed by atoms with E-state index in [9.17, 15) is 4.79 Å². The minimum atomic E-state index is -0.467. The Hall–Kier alpha value is -1.35. The average molecular weight is 248 g/mol. The Morgan fingerprint density at radius 3 is 2.44 bits per heavy atom. The lowest BCUT2D eigenvalue weighted by atomic mass is 9.97. The molecule has 0 unspecified atom stereocenters. The normalized spacial score (nSPS) is 24.4. The second-order valence-corrected chi connectivity index (χ2v) is 5.79. The Morgan fingerprint density at radius 2 is 1.89 bits per heavy atom. The van der Waals surface area contributed by atoms with Crippen LogP contribution in [0.2, 0.25) is 0 Å². The van der Waals surface area contributed by atoms with Crippen LogP contribution in [-0.4, -0.2) is 18.2 Å². The van der Waals surface area contributed by atoms with E-state index in [1.165, 1.54) is 0 Å². The van der Waals surface area contributed by atoms with Crippen molar-refractivity contribution in [3.8, 4) is 0 Å². The van der Waals surface area contributed by atoms with Crippen molar-refractivity contribution in [2.75, 3.05) is 0 Å². The molecule has 2 rings (SSSR count). The Balaban J connectivity index is 1.90. The first-order valence-corrected chi connectivity index (χ1v) is 6.31. The summed E-state index contributed by atoms with van der Waals surface area (Å²) in [6, 6.07) is 10.0. The molecule has 1 aromatic carbocycles. The van der Waals surface area contributed by atoms with Crippen molar-refractivity contribution in [3.05, 3.63) is 35.9 Å². The van der Waals surface area contributed by atoms with Gasteiger partial charge in [-0.3, -0.25) is 4.79 Å². The second kappa shape index (κ2) is 4.73. The average Bonchev–Trinajstić information content (AvgIpc) is 3.08. The molecule has 0 radical (unpaired) electrons. The lowest BCUT2D eigenvalue weighted by Crippen LogP contribution is -2.29. The number of epoxide rings is 1. The summed E-state index contributed by atoms with van der Waals surface area (Å²) in [6.45, 7) is 7.44. The molecule has 0 spiro atoms. The van der Waals surface area contributed by atoms with E-state index >= 15 is 0 Å². The molecule has 0 aliphatic carbocycles. The number of rotatable bonds is 3. The first kappa shape index (κ1) is 13.1. The van der Waals surface area contributed by atoms with E-state index in [2.05, 4.69) is 0 Å². The van der Waals surface area contributed by atoms with Gasteiger partial charge in [-0.15, -0.1) is 0 Å². The van der Waals surface area contributed by atoms with Crippen molar-refractivity contribution >= 4 is 5.97 Å². The van der Waals surface area contributed by atoms with Crippen LogP contribution in [0.3, 0.4) is 0 Å². The van der Waals surface area contributed by atoms with E-state index in [1.54, 1.807) is 0 Å². The van der Waals surface area contributed by atoms with Crippen molar-refractivity contribution in [1.82, 2.24) is 0 Å². The second-order valence-electron chi connectivity index (χ2n) is 5.79. The molecule has 1 aliphatic rings. The summed E-state index contributed by atoms with van der Waals surface area (Å²) in [5.74, 6) is -0.183. The highest BCUT2D eigenvalue weighted by molar-refractivity contribution is 5.75. The van der Waals surface area contributed by atoms with Gasteiger partial charge in [0.05, 0.1) is 5.41 Å². The summed E-state index contributed by atoms with van der Waals surface area (Å²) in [6.07, 6.45) is -0.158. The maximum atomic E-state index is 11.8. The van der Waals surface area contributed by atoms with Crippen molar-refractivity contribution < 1.29 is 14.3 Å². The predicted molar refractivity (Wildman–Crippen MR) is 69.1 cm³/mol. The molecule has 3 atom stereocenters. The van der Waals surface area contributed by atoms with Gasteiger partial charge >= 0.3 is 5.97 Å². The van der Waals surface area contributed by atoms with Crippen LogP contribution in [0.15, 0.2) is 30.3 Å². The molecular weight excluding hydrogens is 228 g/mol. The van der Waals surface area contributed by atoms with Gasteiger partial charge in [0.25, 0.3) is 0 Å². The maximum absolute atomic E-state index is 11.8. The van der Waals surface area contributed by atoms with E-state index in [0.29, 0.717) is 0 Å². The zero-order valence-corrected chi connectivity index (χ0v) is 11.3. The van der Waals surface area contributed by atoms with Crippen LogP contribution in [0.4, 0.5) is 0 Å². The van der Waals surface area contributed by atoms with E-state index in [1.807, 2.05) is 58.0 Å². The molecule has 3 nitrogen and oxygen atoms in total. The number of ether oxygens (including phenoxy) is 2. The molecule has 1 fully saturated rings. The first-order valence-electron chi connectivity index (χ1n) is 6.31. The van der Waals surface area contributed by atoms with Crippen LogP contribution >= 0.6 is 0 Å². The van der Waals surface area contributed by atoms with Gasteiger partial charge in [0.2, 0.25) is 0 Å². The van der Waals surface area contributed by atoms with E-state index in [-0.39, 0.29) is 24.3 Å². The zero-order valence-electron chi connectivity index (χ0n) is 11.3. The first-order chi connectivity index (χ1) is 8.39. The monoisotopic (exact) mass is 248 g/mol. The van der Waals surface area contributed by atoms with Crippen LogP contribution in [0, 0.1) is 5.41 Å². The smallest absolute Gasteiger partial charge is 0.311 e. The molecule has 1 aromatic rings. The van der Waals surface area contributed by atoms with Crippen molar-refractivity contribution in [2.24, 2.45) is 5.41 Å². The van der Waals surface area contributed by atoms with E-state index in [0.717, 1.165) is 5.56 Å². The van der Waals surface area contributed by atoms with Gasteiger partial charge in [-0.25, -0.2) is 0 Å². The topological polar surface area (TPSA) is 38.8 Å². The van der Waals surface area contributed by atoms with Crippen LogP contribution in [0.25, 0.3) is 0 Å². The van der Waals surface area contributed by atoms with Crippen molar-refractivity contribution in [3.63, 3.8) is 0 Å². The van der Waals surface area contributed by atoms with Gasteiger partial charge in [0.1, 0.15) is 18.3 Å². The SMILES string of the molecule is C[C@H](OC(=O)C(C)(C)C)[C@H]1O[C@H]1c1ccccc1. The number of hydrogen-bond acceptors (Lipinski definition) is 3. The maximum Gasteiger partial charge on any atom is 0.311 e. The van der Waals surface area contributed by atoms with E-state index < -0.39 is 5.41 Å². The largest absolute Gasteiger partial charge is 0.459 e. The highest BCUT2D eigenvalue weighted by Gasteiger charge is 2.46. The number of benzene rings is 1. The minimum absolute atomic E-state index is 0.0151. The van der Waals surface area contributed by atoms with Crippen LogP contribution in [0.5, 0.6) is 0 Å². The fourth-order valence-electron chi connectivity index (χ4n) is 1.80. The summed E-state index contributed by atoms with van der Waals surface area (Å²) in [5, 5.41) is 0. The van der Waals surface area contributed by atoms with Gasteiger partial charge in [-0.2, -0.15) is 0 Å². The third-order valence-electron chi connectivity index (χ3n) is 3.02. The molecule has 18 heavy (non-hydrogen) atoms. The van der Waals surface area contributed by atoms with Crippen LogP contribution in [0.1, 0.15) is 39.4 Å². The Bertz CT molecular complexity index is 419. The molecular formula is C15H20O3. The molecule has 1 heterocycles. The molecule has 98 valence electrons. The Labute approximate surface area is 108 Å². The number of esters is 1. The fraction of sp³-hybridized carbons (Fsp3) is 0.533. The molecule has 0 saturated carbocycles. The molecule has 0 bridgehead atoms. The summed E-state index contributed by atoms with van der Waals surface area (Å²) in [5.41, 5.74) is 0.673. The molecule has 0 aromatic heterocycles. The lowest BCUT2D eigenvalue weighted by Gasteiger charge is -2.19. The summed E-state index contributed by atoms with van der Waals surface area (Å²) in [7, 11) is 0. The Kier molecular flexibility index (Phi) is 3.44. The van der Waals surface area contributed by atoms with Gasteiger partial charge in [-0.1, -0.05) is 30.3 Å². The fourth-order valence-corrected chi connectivity index (χ4v) is 1.80. The van der Waals surface area contributed by atoms with Gasteiger partial charge < -0.3 is 9.47 Å². The molecule has 1 saturated heterocycles. The summed E-state index contributed by atoms with van der Waals surface area (Å²) in [4.78, 5) is 11.8. The molecule has 1 aliphatic heterocycles. The lowest BCUT2D eigenvalue weighted by molar-refractivity contribution is -0.158. The minimum Gasteiger partial charge on any atom is -0.459 e. The Morgan fingerprint density at radius 1 is 1.28 bits per heavy atom. The summed E-state index contributed by atoms with van der Waals surface area (Å²) < 4.78 is 11.0. The quantitative estimate of drug-likeness (QED) is 0.609. The highest BCUT2D eigenvalue weighted by atomic mass is 16.6. The molecule has 0 amide bonds. The molecule has 3 heteroatoms. The molecule has 0 N–H and O–H groups in total. The van der Waals surface area contributed by atoms with Crippen LogP contribution < -0.4 is 0 Å². The van der Waals surface area contributed by atoms with Crippen LogP contribution in [-0.2, 0) is 14.3 Å².